The molecule has 1 aromatic carbocycles. The molecule has 0 aliphatic carbocycles. The van der Waals surface area contributed by atoms with Crippen LogP contribution in [0.15, 0.2) is 28.7 Å². The van der Waals surface area contributed by atoms with Crippen LogP contribution in [0.3, 0.4) is 0 Å². The van der Waals surface area contributed by atoms with Gasteiger partial charge >= 0.3 is 0 Å². The molecule has 4 nitrogen and oxygen atoms in total. The van der Waals surface area contributed by atoms with Crippen molar-refractivity contribution in [2.24, 2.45) is 0 Å². The molecular weight excluding hydrogens is 272 g/mol. The highest BCUT2D eigenvalue weighted by atomic mass is 79.9. The Balaban J connectivity index is 2.03. The summed E-state index contributed by atoms with van der Waals surface area (Å²) in [5.74, 6) is -0.231. The third-order valence-corrected chi connectivity index (χ3v) is 3.14. The van der Waals surface area contributed by atoms with Crippen LogP contribution in [0.1, 0.15) is 12.8 Å². The van der Waals surface area contributed by atoms with Gasteiger partial charge in [0.2, 0.25) is 11.8 Å². The molecule has 1 atom stereocenters. The first-order valence-electron chi connectivity index (χ1n) is 5.01. The van der Waals surface area contributed by atoms with Crippen LogP contribution >= 0.6 is 15.9 Å². The standard InChI is InChI=1S/C11H11BrN2O2/c12-7-3-1-2-4-8(7)14-11(16)9-5-6-10(15)13-9/h1-4,9H,5-6H2,(H,13,15)(H,14,16)/t9-/m0/s1. The van der Waals surface area contributed by atoms with Crippen molar-refractivity contribution in [2.45, 2.75) is 18.9 Å². The molecule has 2 rings (SSSR count). The summed E-state index contributed by atoms with van der Waals surface area (Å²) in [4.78, 5) is 22.7. The van der Waals surface area contributed by atoms with E-state index in [9.17, 15) is 9.59 Å². The minimum atomic E-state index is -0.403. The Kier molecular flexibility index (Phi) is 3.24. The maximum atomic E-state index is 11.8. The van der Waals surface area contributed by atoms with Crippen molar-refractivity contribution in [2.75, 3.05) is 5.32 Å². The molecule has 0 aromatic heterocycles. The molecule has 1 fully saturated rings. The zero-order chi connectivity index (χ0) is 11.5. The maximum Gasteiger partial charge on any atom is 0.246 e. The van der Waals surface area contributed by atoms with E-state index in [1.807, 2.05) is 18.2 Å². The number of para-hydroxylation sites is 1. The molecule has 0 unspecified atom stereocenters. The average molecular weight is 283 g/mol. The fourth-order valence-electron chi connectivity index (χ4n) is 1.59. The summed E-state index contributed by atoms with van der Waals surface area (Å²) in [6.07, 6.45) is 0.989. The first-order chi connectivity index (χ1) is 7.66. The summed E-state index contributed by atoms with van der Waals surface area (Å²) in [5.41, 5.74) is 0.716. The quantitative estimate of drug-likeness (QED) is 0.867. The number of carbonyl (C=O) groups excluding carboxylic acids is 2. The molecule has 84 valence electrons. The Morgan fingerprint density at radius 1 is 1.44 bits per heavy atom. The number of hydrogen-bond donors (Lipinski definition) is 2. The van der Waals surface area contributed by atoms with E-state index < -0.39 is 6.04 Å². The summed E-state index contributed by atoms with van der Waals surface area (Å²) < 4.78 is 0.827. The fraction of sp³-hybridized carbons (Fsp3) is 0.273. The minimum absolute atomic E-state index is 0.0627. The highest BCUT2D eigenvalue weighted by Crippen LogP contribution is 2.21. The van der Waals surface area contributed by atoms with Gasteiger partial charge in [0.15, 0.2) is 0 Å². The number of nitrogens with one attached hydrogen (secondary N) is 2. The van der Waals surface area contributed by atoms with E-state index in [0.717, 1.165) is 4.47 Å². The zero-order valence-electron chi connectivity index (χ0n) is 8.50. The number of carbonyl (C=O) groups is 2. The van der Waals surface area contributed by atoms with Gasteiger partial charge in [-0.3, -0.25) is 9.59 Å². The minimum Gasteiger partial charge on any atom is -0.344 e. The van der Waals surface area contributed by atoms with Gasteiger partial charge in [-0.25, -0.2) is 0 Å². The molecule has 1 saturated heterocycles. The van der Waals surface area contributed by atoms with Crippen LogP contribution in [0.4, 0.5) is 5.69 Å². The van der Waals surface area contributed by atoms with Crippen molar-refractivity contribution in [3.8, 4) is 0 Å². The number of rotatable bonds is 2. The smallest absolute Gasteiger partial charge is 0.246 e. The molecule has 0 radical (unpaired) electrons. The predicted octanol–water partition coefficient (Wildman–Crippen LogP) is 1.67. The van der Waals surface area contributed by atoms with Crippen LogP contribution in [0.25, 0.3) is 0 Å². The summed E-state index contributed by atoms with van der Waals surface area (Å²) >= 11 is 3.34. The first kappa shape index (κ1) is 11.1. The van der Waals surface area contributed by atoms with Gasteiger partial charge in [0.05, 0.1) is 5.69 Å². The van der Waals surface area contributed by atoms with Gasteiger partial charge in [0.25, 0.3) is 0 Å². The maximum absolute atomic E-state index is 11.8. The highest BCUT2D eigenvalue weighted by molar-refractivity contribution is 9.10. The number of anilines is 1. The van der Waals surface area contributed by atoms with E-state index in [0.29, 0.717) is 18.5 Å². The average Bonchev–Trinajstić information content (AvgIpc) is 2.68. The summed E-state index contributed by atoms with van der Waals surface area (Å²) in [7, 11) is 0. The van der Waals surface area contributed by atoms with Crippen molar-refractivity contribution in [3.63, 3.8) is 0 Å². The molecule has 0 bridgehead atoms. The summed E-state index contributed by atoms with van der Waals surface area (Å²) in [5, 5.41) is 5.40. The van der Waals surface area contributed by atoms with Gasteiger partial charge < -0.3 is 10.6 Å². The van der Waals surface area contributed by atoms with Crippen molar-refractivity contribution in [1.29, 1.82) is 0 Å². The Bertz CT molecular complexity index is 434. The third kappa shape index (κ3) is 2.41. The highest BCUT2D eigenvalue weighted by Gasteiger charge is 2.27. The normalized spacial score (nSPS) is 19.3. The molecule has 0 spiro atoms. The first-order valence-corrected chi connectivity index (χ1v) is 5.81. The summed E-state index contributed by atoms with van der Waals surface area (Å²) in [6.45, 7) is 0. The second-order valence-corrected chi connectivity index (χ2v) is 4.48. The number of hydrogen-bond acceptors (Lipinski definition) is 2. The SMILES string of the molecule is O=C1CC[C@@H](C(=O)Nc2ccccc2Br)N1. The molecule has 0 saturated carbocycles. The summed E-state index contributed by atoms with van der Waals surface area (Å²) in [6, 6.07) is 6.96. The van der Waals surface area contributed by atoms with E-state index in [1.54, 1.807) is 6.07 Å². The van der Waals surface area contributed by atoms with E-state index in [4.69, 9.17) is 0 Å². The van der Waals surface area contributed by atoms with Crippen LogP contribution < -0.4 is 10.6 Å². The molecule has 1 aromatic rings. The van der Waals surface area contributed by atoms with E-state index in [-0.39, 0.29) is 11.8 Å². The Labute approximate surface area is 102 Å². The van der Waals surface area contributed by atoms with Crippen LogP contribution in [0, 0.1) is 0 Å². The Morgan fingerprint density at radius 3 is 2.81 bits per heavy atom. The van der Waals surface area contributed by atoms with Gasteiger partial charge in [-0.2, -0.15) is 0 Å². The molecular formula is C11H11BrN2O2. The second kappa shape index (κ2) is 4.65. The lowest BCUT2D eigenvalue weighted by Crippen LogP contribution is -2.37. The van der Waals surface area contributed by atoms with Gasteiger partial charge in [0, 0.05) is 10.9 Å². The second-order valence-electron chi connectivity index (χ2n) is 3.63. The van der Waals surface area contributed by atoms with Gasteiger partial charge in [0.1, 0.15) is 6.04 Å². The molecule has 16 heavy (non-hydrogen) atoms. The van der Waals surface area contributed by atoms with Crippen molar-refractivity contribution < 1.29 is 9.59 Å². The lowest BCUT2D eigenvalue weighted by molar-refractivity contribution is -0.122. The number of amides is 2. The van der Waals surface area contributed by atoms with Crippen molar-refractivity contribution in [1.82, 2.24) is 5.32 Å². The van der Waals surface area contributed by atoms with Crippen molar-refractivity contribution in [3.05, 3.63) is 28.7 Å². The number of halogens is 1. The zero-order valence-corrected chi connectivity index (χ0v) is 10.1. The molecule has 2 N–H and O–H groups in total. The van der Waals surface area contributed by atoms with Crippen LogP contribution in [-0.4, -0.2) is 17.9 Å². The Morgan fingerprint density at radius 2 is 2.19 bits per heavy atom. The lowest BCUT2D eigenvalue weighted by Gasteiger charge is -2.11. The van der Waals surface area contributed by atoms with Crippen LogP contribution in [0.2, 0.25) is 0 Å². The van der Waals surface area contributed by atoms with Gasteiger partial charge in [-0.05, 0) is 34.5 Å². The Hall–Kier alpha value is -1.36. The van der Waals surface area contributed by atoms with Crippen LogP contribution in [-0.2, 0) is 9.59 Å². The lowest BCUT2D eigenvalue weighted by atomic mass is 10.2. The largest absolute Gasteiger partial charge is 0.344 e. The molecule has 2 amide bonds. The van der Waals surface area contributed by atoms with Crippen molar-refractivity contribution >= 4 is 33.4 Å². The van der Waals surface area contributed by atoms with E-state index in [2.05, 4.69) is 26.6 Å². The molecule has 5 heteroatoms. The molecule has 1 aliphatic rings. The predicted molar refractivity (Wildman–Crippen MR) is 63.9 cm³/mol. The topological polar surface area (TPSA) is 58.2 Å². The van der Waals surface area contributed by atoms with E-state index >= 15 is 0 Å². The molecule has 1 aliphatic heterocycles. The van der Waals surface area contributed by atoms with Gasteiger partial charge in [-0.1, -0.05) is 12.1 Å². The van der Waals surface area contributed by atoms with E-state index in [1.165, 1.54) is 0 Å². The monoisotopic (exact) mass is 282 g/mol. The molecule has 1 heterocycles. The fourth-order valence-corrected chi connectivity index (χ4v) is 1.98. The van der Waals surface area contributed by atoms with Gasteiger partial charge in [-0.15, -0.1) is 0 Å². The van der Waals surface area contributed by atoms with Crippen LogP contribution in [0.5, 0.6) is 0 Å². The number of benzene rings is 1. The third-order valence-electron chi connectivity index (χ3n) is 2.44.